The van der Waals surface area contributed by atoms with Crippen LogP contribution in [0.2, 0.25) is 0 Å². The van der Waals surface area contributed by atoms with Gasteiger partial charge in [0.2, 0.25) is 0 Å². The summed E-state index contributed by atoms with van der Waals surface area (Å²) >= 11 is 3.21. The van der Waals surface area contributed by atoms with Crippen LogP contribution in [0.5, 0.6) is 11.5 Å². The van der Waals surface area contributed by atoms with Gasteiger partial charge in [-0.15, -0.1) is 0 Å². The molecule has 0 aromatic heterocycles. The van der Waals surface area contributed by atoms with Gasteiger partial charge in [0.25, 0.3) is 5.91 Å². The fourth-order valence-corrected chi connectivity index (χ4v) is 2.04. The Balaban J connectivity index is 2.28. The summed E-state index contributed by atoms with van der Waals surface area (Å²) < 4.78 is 19.1. The van der Waals surface area contributed by atoms with E-state index in [4.69, 9.17) is 10.5 Å². The fraction of sp³-hybridized carbons (Fsp3) is 0.0714. The normalized spacial score (nSPS) is 10.2. The summed E-state index contributed by atoms with van der Waals surface area (Å²) in [6.45, 7) is 0. The van der Waals surface area contributed by atoms with Gasteiger partial charge in [0, 0.05) is 12.6 Å². The molecule has 6 heteroatoms. The lowest BCUT2D eigenvalue weighted by atomic mass is 10.2. The van der Waals surface area contributed by atoms with Crippen LogP contribution in [-0.2, 0) is 0 Å². The molecular weight excluding hydrogens is 327 g/mol. The molecule has 2 aromatic rings. The highest BCUT2D eigenvalue weighted by Gasteiger charge is 2.10. The zero-order chi connectivity index (χ0) is 14.7. The molecule has 0 heterocycles. The number of carbonyl (C=O) groups excluding carboxylic acids is 1. The molecule has 0 saturated heterocycles. The highest BCUT2D eigenvalue weighted by molar-refractivity contribution is 9.10. The highest BCUT2D eigenvalue weighted by Crippen LogP contribution is 2.33. The van der Waals surface area contributed by atoms with Crippen LogP contribution in [0.3, 0.4) is 0 Å². The van der Waals surface area contributed by atoms with Crippen molar-refractivity contribution in [3.8, 4) is 11.5 Å². The van der Waals surface area contributed by atoms with Crippen molar-refractivity contribution in [1.82, 2.24) is 5.32 Å². The molecule has 0 bridgehead atoms. The summed E-state index contributed by atoms with van der Waals surface area (Å²) in [5.41, 5.74) is 6.61. The molecule has 0 radical (unpaired) electrons. The Morgan fingerprint density at radius 1 is 1.25 bits per heavy atom. The van der Waals surface area contributed by atoms with Crippen LogP contribution < -0.4 is 15.8 Å². The Labute approximate surface area is 123 Å². The molecule has 20 heavy (non-hydrogen) atoms. The van der Waals surface area contributed by atoms with Crippen molar-refractivity contribution in [3.05, 3.63) is 52.3 Å². The maximum absolute atomic E-state index is 13.0. The average molecular weight is 339 g/mol. The van der Waals surface area contributed by atoms with E-state index >= 15 is 0 Å². The van der Waals surface area contributed by atoms with Crippen molar-refractivity contribution in [3.63, 3.8) is 0 Å². The van der Waals surface area contributed by atoms with Crippen LogP contribution in [0, 0.1) is 5.82 Å². The van der Waals surface area contributed by atoms with Gasteiger partial charge in [0.1, 0.15) is 17.3 Å². The van der Waals surface area contributed by atoms with Crippen LogP contribution in [-0.4, -0.2) is 13.0 Å². The standard InChI is InChI=1S/C14H12BrFN2O2/c1-18-14(19)8-2-4-13(11(17)6-8)20-12-5-3-9(16)7-10(12)15/h2-7H,17H2,1H3,(H,18,19). The number of nitrogens with one attached hydrogen (secondary N) is 1. The molecule has 0 atom stereocenters. The van der Waals surface area contributed by atoms with Crippen molar-refractivity contribution in [1.29, 1.82) is 0 Å². The van der Waals surface area contributed by atoms with Gasteiger partial charge in [0.05, 0.1) is 10.2 Å². The van der Waals surface area contributed by atoms with E-state index in [0.717, 1.165) is 0 Å². The number of ether oxygens (including phenoxy) is 1. The molecule has 0 saturated carbocycles. The second-order valence-electron chi connectivity index (χ2n) is 4.01. The molecule has 0 aliphatic carbocycles. The zero-order valence-electron chi connectivity index (χ0n) is 10.6. The number of hydrogen-bond acceptors (Lipinski definition) is 3. The number of anilines is 1. The Morgan fingerprint density at radius 3 is 2.55 bits per heavy atom. The van der Waals surface area contributed by atoms with Gasteiger partial charge < -0.3 is 15.8 Å². The van der Waals surface area contributed by atoms with Gasteiger partial charge in [-0.05, 0) is 52.3 Å². The second-order valence-corrected chi connectivity index (χ2v) is 4.86. The molecular formula is C14H12BrFN2O2. The SMILES string of the molecule is CNC(=O)c1ccc(Oc2ccc(F)cc2Br)c(N)c1. The van der Waals surface area contributed by atoms with Crippen LogP contribution in [0.15, 0.2) is 40.9 Å². The van der Waals surface area contributed by atoms with E-state index in [0.29, 0.717) is 27.2 Å². The molecule has 3 N–H and O–H groups in total. The lowest BCUT2D eigenvalue weighted by molar-refractivity contribution is 0.0963. The van der Waals surface area contributed by atoms with Crippen molar-refractivity contribution in [2.75, 3.05) is 12.8 Å². The van der Waals surface area contributed by atoms with E-state index < -0.39 is 0 Å². The van der Waals surface area contributed by atoms with Gasteiger partial charge in [-0.3, -0.25) is 4.79 Å². The third kappa shape index (κ3) is 3.08. The van der Waals surface area contributed by atoms with Gasteiger partial charge in [0.15, 0.2) is 0 Å². The van der Waals surface area contributed by atoms with E-state index in [9.17, 15) is 9.18 Å². The summed E-state index contributed by atoms with van der Waals surface area (Å²) in [5.74, 6) is 0.231. The van der Waals surface area contributed by atoms with Crippen molar-refractivity contribution >= 4 is 27.5 Å². The van der Waals surface area contributed by atoms with Crippen LogP contribution >= 0.6 is 15.9 Å². The zero-order valence-corrected chi connectivity index (χ0v) is 12.2. The van der Waals surface area contributed by atoms with Gasteiger partial charge >= 0.3 is 0 Å². The summed E-state index contributed by atoms with van der Waals surface area (Å²) in [4.78, 5) is 11.5. The molecule has 0 unspecified atom stereocenters. The Kier molecular flexibility index (Phi) is 4.24. The number of hydrogen-bond donors (Lipinski definition) is 2. The average Bonchev–Trinajstić information content (AvgIpc) is 2.42. The maximum Gasteiger partial charge on any atom is 0.251 e. The van der Waals surface area contributed by atoms with Crippen molar-refractivity contribution in [2.24, 2.45) is 0 Å². The molecule has 1 amide bonds. The number of amides is 1. The quantitative estimate of drug-likeness (QED) is 0.843. The Bertz CT molecular complexity index is 662. The Hall–Kier alpha value is -2.08. The van der Waals surface area contributed by atoms with Crippen LogP contribution in [0.1, 0.15) is 10.4 Å². The number of carbonyl (C=O) groups is 1. The van der Waals surface area contributed by atoms with Crippen molar-refractivity contribution in [2.45, 2.75) is 0 Å². The monoisotopic (exact) mass is 338 g/mol. The van der Waals surface area contributed by atoms with Gasteiger partial charge in [-0.2, -0.15) is 0 Å². The first-order valence-electron chi connectivity index (χ1n) is 5.76. The minimum Gasteiger partial charge on any atom is -0.454 e. The second kappa shape index (κ2) is 5.92. The summed E-state index contributed by atoms with van der Waals surface area (Å²) in [6.07, 6.45) is 0. The largest absolute Gasteiger partial charge is 0.454 e. The van der Waals surface area contributed by atoms with Gasteiger partial charge in [-0.25, -0.2) is 4.39 Å². The molecule has 0 spiro atoms. The Morgan fingerprint density at radius 2 is 1.95 bits per heavy atom. The fourth-order valence-electron chi connectivity index (χ4n) is 1.60. The van der Waals surface area contributed by atoms with Crippen LogP contribution in [0.4, 0.5) is 10.1 Å². The number of rotatable bonds is 3. The molecule has 0 aliphatic rings. The first-order chi connectivity index (χ1) is 9.51. The highest BCUT2D eigenvalue weighted by atomic mass is 79.9. The number of nitrogen functional groups attached to an aromatic ring is 1. The molecule has 0 fully saturated rings. The molecule has 104 valence electrons. The lowest BCUT2D eigenvalue weighted by Gasteiger charge is -2.11. The summed E-state index contributed by atoms with van der Waals surface area (Å²) in [7, 11) is 1.54. The summed E-state index contributed by atoms with van der Waals surface area (Å²) in [5, 5.41) is 2.51. The van der Waals surface area contributed by atoms with E-state index in [1.807, 2.05) is 0 Å². The smallest absolute Gasteiger partial charge is 0.251 e. The van der Waals surface area contributed by atoms with Gasteiger partial charge in [-0.1, -0.05) is 0 Å². The minimum absolute atomic E-state index is 0.230. The predicted molar refractivity (Wildman–Crippen MR) is 78.4 cm³/mol. The molecule has 4 nitrogen and oxygen atoms in total. The predicted octanol–water partition coefficient (Wildman–Crippen LogP) is 3.32. The third-order valence-corrected chi connectivity index (χ3v) is 3.23. The van der Waals surface area contributed by atoms with E-state index in [2.05, 4.69) is 21.2 Å². The third-order valence-electron chi connectivity index (χ3n) is 2.61. The maximum atomic E-state index is 13.0. The topological polar surface area (TPSA) is 64.3 Å². The number of halogens is 2. The van der Waals surface area contributed by atoms with Crippen molar-refractivity contribution < 1.29 is 13.9 Å². The van der Waals surface area contributed by atoms with Crippen LogP contribution in [0.25, 0.3) is 0 Å². The first kappa shape index (κ1) is 14.3. The minimum atomic E-state index is -0.368. The van der Waals surface area contributed by atoms with E-state index in [1.54, 1.807) is 19.2 Å². The molecule has 2 rings (SSSR count). The molecule has 2 aromatic carbocycles. The van der Waals surface area contributed by atoms with E-state index in [-0.39, 0.29) is 11.7 Å². The molecule has 0 aliphatic heterocycles. The van der Waals surface area contributed by atoms with E-state index in [1.165, 1.54) is 24.3 Å². The lowest BCUT2D eigenvalue weighted by Crippen LogP contribution is -2.17. The summed E-state index contributed by atoms with van der Waals surface area (Å²) in [6, 6.07) is 8.79. The first-order valence-corrected chi connectivity index (χ1v) is 6.55. The number of nitrogens with two attached hydrogens (primary N) is 1. The number of benzene rings is 2.